The van der Waals surface area contributed by atoms with Crippen LogP contribution in [0.25, 0.3) is 0 Å². The molecule has 0 spiro atoms. The molecular weight excluding hydrogens is 198 g/mol. The van der Waals surface area contributed by atoms with Gasteiger partial charge in [-0.3, -0.25) is 9.55 Å². The Morgan fingerprint density at radius 1 is 1.57 bits per heavy atom. The number of hydrogen-bond donors (Lipinski definition) is 1. The van der Waals surface area contributed by atoms with E-state index in [1.165, 1.54) is 4.57 Å². The van der Waals surface area contributed by atoms with Gasteiger partial charge in [-0.05, 0) is 19.3 Å². The zero-order valence-electron chi connectivity index (χ0n) is 7.54. The van der Waals surface area contributed by atoms with Crippen LogP contribution < -0.4 is 5.69 Å². The quantitative estimate of drug-likeness (QED) is 0.696. The Balaban J connectivity index is 2.73. The molecule has 14 heavy (non-hydrogen) atoms. The highest BCUT2D eigenvalue weighted by atomic mass is 32.1. The lowest BCUT2D eigenvalue weighted by Gasteiger charge is -2.07. The average molecular weight is 207 g/mol. The third kappa shape index (κ3) is 1.28. The Kier molecular flexibility index (Phi) is 2.22. The lowest BCUT2D eigenvalue weighted by atomic mass is 10.2. The molecule has 4 nitrogen and oxygen atoms in total. The maximum Gasteiger partial charge on any atom is 0.327 e. The minimum absolute atomic E-state index is 0.104. The largest absolute Gasteiger partial charge is 0.327 e. The third-order valence-electron chi connectivity index (χ3n) is 2.48. The number of aromatic amines is 1. The standard InChI is InChI=1S/C9H9N3OS/c10-4-5-12-7-3-1-2-6(7)8(14)11-9(12)13/h1-3,5H2,(H,11,13,14). The summed E-state index contributed by atoms with van der Waals surface area (Å²) in [4.78, 5) is 14.1. The molecule has 0 amide bonds. The molecule has 0 atom stereocenters. The molecule has 0 unspecified atom stereocenters. The summed E-state index contributed by atoms with van der Waals surface area (Å²) in [6, 6.07) is 1.98. The molecule has 0 aromatic carbocycles. The van der Waals surface area contributed by atoms with Gasteiger partial charge < -0.3 is 0 Å². The fraction of sp³-hybridized carbons (Fsp3) is 0.444. The zero-order valence-corrected chi connectivity index (χ0v) is 8.36. The van der Waals surface area contributed by atoms with Crippen molar-refractivity contribution in [3.8, 4) is 6.07 Å². The predicted octanol–water partition coefficient (Wildman–Crippen LogP) is 0.918. The van der Waals surface area contributed by atoms with Crippen molar-refractivity contribution in [3.63, 3.8) is 0 Å². The molecule has 5 heteroatoms. The Labute approximate surface area is 85.8 Å². The van der Waals surface area contributed by atoms with E-state index in [2.05, 4.69) is 4.98 Å². The van der Waals surface area contributed by atoms with Gasteiger partial charge in [0.2, 0.25) is 0 Å². The molecule has 0 fully saturated rings. The Morgan fingerprint density at radius 3 is 3.07 bits per heavy atom. The van der Waals surface area contributed by atoms with Gasteiger partial charge in [0, 0.05) is 11.3 Å². The number of H-pyrrole nitrogens is 1. The van der Waals surface area contributed by atoms with Gasteiger partial charge in [-0.2, -0.15) is 5.26 Å². The summed E-state index contributed by atoms with van der Waals surface area (Å²) in [6.45, 7) is 0.104. The predicted molar refractivity (Wildman–Crippen MR) is 53.5 cm³/mol. The highest BCUT2D eigenvalue weighted by Gasteiger charge is 2.17. The summed E-state index contributed by atoms with van der Waals surface area (Å²) in [5.41, 5.74) is 1.72. The van der Waals surface area contributed by atoms with E-state index in [1.807, 2.05) is 6.07 Å². The van der Waals surface area contributed by atoms with Gasteiger partial charge >= 0.3 is 5.69 Å². The van der Waals surface area contributed by atoms with E-state index in [4.69, 9.17) is 17.5 Å². The van der Waals surface area contributed by atoms with E-state index in [0.717, 1.165) is 30.5 Å². The van der Waals surface area contributed by atoms with Crippen LogP contribution in [0.1, 0.15) is 17.7 Å². The summed E-state index contributed by atoms with van der Waals surface area (Å²) < 4.78 is 2.02. The highest BCUT2D eigenvalue weighted by Crippen LogP contribution is 2.20. The van der Waals surface area contributed by atoms with Crippen LogP contribution in [0.4, 0.5) is 0 Å². The fourth-order valence-corrected chi connectivity index (χ4v) is 2.18. The molecule has 1 heterocycles. The van der Waals surface area contributed by atoms with Crippen LogP contribution in [0.2, 0.25) is 0 Å². The van der Waals surface area contributed by atoms with Crippen molar-refractivity contribution in [1.29, 1.82) is 5.26 Å². The maximum absolute atomic E-state index is 11.5. The Hall–Kier alpha value is -1.41. The fourth-order valence-electron chi connectivity index (χ4n) is 1.87. The molecule has 72 valence electrons. The minimum Gasteiger partial charge on any atom is -0.298 e. The number of fused-ring (bicyclic) bond motifs is 1. The Morgan fingerprint density at radius 2 is 2.36 bits per heavy atom. The zero-order chi connectivity index (χ0) is 10.1. The number of rotatable bonds is 1. The van der Waals surface area contributed by atoms with Gasteiger partial charge in [0.1, 0.15) is 11.2 Å². The second-order valence-electron chi connectivity index (χ2n) is 3.28. The number of hydrogen-bond acceptors (Lipinski definition) is 3. The number of nitriles is 1. The van der Waals surface area contributed by atoms with Crippen LogP contribution in [0.15, 0.2) is 4.79 Å². The lowest BCUT2D eigenvalue weighted by molar-refractivity contribution is 0.699. The molecule has 1 aliphatic carbocycles. The molecule has 1 N–H and O–H groups in total. The van der Waals surface area contributed by atoms with E-state index in [0.29, 0.717) is 4.64 Å². The van der Waals surface area contributed by atoms with Crippen molar-refractivity contribution in [2.45, 2.75) is 25.8 Å². The van der Waals surface area contributed by atoms with Crippen molar-refractivity contribution in [3.05, 3.63) is 26.4 Å². The minimum atomic E-state index is -0.266. The number of nitrogens with zero attached hydrogens (tertiary/aromatic N) is 2. The molecular formula is C9H9N3OS. The summed E-state index contributed by atoms with van der Waals surface area (Å²) in [6.07, 6.45) is 2.78. The van der Waals surface area contributed by atoms with Gasteiger partial charge in [0.25, 0.3) is 0 Å². The second kappa shape index (κ2) is 3.39. The van der Waals surface area contributed by atoms with Crippen molar-refractivity contribution in [2.75, 3.05) is 0 Å². The smallest absolute Gasteiger partial charge is 0.298 e. The van der Waals surface area contributed by atoms with Gasteiger partial charge in [0.05, 0.1) is 6.07 Å². The Bertz CT molecular complexity index is 520. The van der Waals surface area contributed by atoms with Crippen molar-refractivity contribution < 1.29 is 0 Å². The summed E-state index contributed by atoms with van der Waals surface area (Å²) in [7, 11) is 0. The number of nitrogens with one attached hydrogen (secondary N) is 1. The van der Waals surface area contributed by atoms with E-state index < -0.39 is 0 Å². The molecule has 1 aliphatic rings. The molecule has 1 aromatic rings. The topological polar surface area (TPSA) is 61.6 Å². The van der Waals surface area contributed by atoms with E-state index in [1.54, 1.807) is 0 Å². The van der Waals surface area contributed by atoms with Gasteiger partial charge in [-0.15, -0.1) is 0 Å². The molecule has 0 radical (unpaired) electrons. The molecule has 0 aliphatic heterocycles. The van der Waals surface area contributed by atoms with Crippen LogP contribution in [-0.2, 0) is 19.4 Å². The third-order valence-corrected chi connectivity index (χ3v) is 2.83. The summed E-state index contributed by atoms with van der Waals surface area (Å²) in [5, 5.41) is 8.60. The van der Waals surface area contributed by atoms with Gasteiger partial charge in [-0.25, -0.2) is 4.79 Å². The van der Waals surface area contributed by atoms with Crippen molar-refractivity contribution in [1.82, 2.24) is 9.55 Å². The SMILES string of the molecule is N#CCn1c2c(c(=S)[nH]c1=O)CCC2. The molecule has 0 bridgehead atoms. The monoisotopic (exact) mass is 207 g/mol. The molecule has 2 rings (SSSR count). The van der Waals surface area contributed by atoms with Gasteiger partial charge in [0.15, 0.2) is 0 Å². The van der Waals surface area contributed by atoms with E-state index in [9.17, 15) is 4.79 Å². The van der Waals surface area contributed by atoms with Crippen LogP contribution >= 0.6 is 12.2 Å². The highest BCUT2D eigenvalue weighted by molar-refractivity contribution is 7.71. The average Bonchev–Trinajstić information content (AvgIpc) is 2.60. The van der Waals surface area contributed by atoms with E-state index in [-0.39, 0.29) is 12.2 Å². The van der Waals surface area contributed by atoms with E-state index >= 15 is 0 Å². The lowest BCUT2D eigenvalue weighted by Crippen LogP contribution is -2.26. The van der Waals surface area contributed by atoms with Crippen LogP contribution in [0.3, 0.4) is 0 Å². The molecule has 0 saturated heterocycles. The first-order valence-corrected chi connectivity index (χ1v) is 4.86. The first-order valence-electron chi connectivity index (χ1n) is 4.46. The summed E-state index contributed by atoms with van der Waals surface area (Å²) >= 11 is 5.06. The van der Waals surface area contributed by atoms with Crippen molar-refractivity contribution in [2.24, 2.45) is 0 Å². The first-order chi connectivity index (χ1) is 6.74. The van der Waals surface area contributed by atoms with Gasteiger partial charge in [-0.1, -0.05) is 12.2 Å². The number of aromatic nitrogens is 2. The normalized spacial score (nSPS) is 13.6. The molecule has 0 saturated carbocycles. The van der Waals surface area contributed by atoms with Crippen molar-refractivity contribution >= 4 is 12.2 Å². The maximum atomic E-state index is 11.5. The van der Waals surface area contributed by atoms with Crippen LogP contribution in [0, 0.1) is 16.0 Å². The molecule has 1 aromatic heterocycles. The van der Waals surface area contributed by atoms with Crippen LogP contribution in [0.5, 0.6) is 0 Å². The first kappa shape index (κ1) is 9.16. The second-order valence-corrected chi connectivity index (χ2v) is 3.69. The summed E-state index contributed by atoms with van der Waals surface area (Å²) in [5.74, 6) is 0. The van der Waals surface area contributed by atoms with Crippen LogP contribution in [-0.4, -0.2) is 9.55 Å².